The highest BCUT2D eigenvalue weighted by atomic mass is 35.5. The molecule has 0 spiro atoms. The lowest BCUT2D eigenvalue weighted by atomic mass is 10.1. The smallest absolute Gasteiger partial charge is 0.264 e. The number of halogens is 2. The van der Waals surface area contributed by atoms with Gasteiger partial charge in [0.05, 0.1) is 15.6 Å². The molecule has 7 nitrogen and oxygen atoms in total. The van der Waals surface area contributed by atoms with Gasteiger partial charge in [0.2, 0.25) is 11.8 Å². The minimum absolute atomic E-state index is 0.0198. The van der Waals surface area contributed by atoms with Crippen molar-refractivity contribution in [1.82, 2.24) is 10.2 Å². The minimum Gasteiger partial charge on any atom is -0.354 e. The topological polar surface area (TPSA) is 86.8 Å². The third kappa shape index (κ3) is 7.58. The number of aryl methyl sites for hydroxylation is 1. The van der Waals surface area contributed by atoms with Crippen molar-refractivity contribution in [3.05, 3.63) is 94.8 Å². The van der Waals surface area contributed by atoms with E-state index < -0.39 is 34.3 Å². The second kappa shape index (κ2) is 13.1. The van der Waals surface area contributed by atoms with Crippen LogP contribution in [-0.2, 0) is 26.2 Å². The first-order chi connectivity index (χ1) is 18.4. The Kier molecular flexibility index (Phi) is 10.1. The van der Waals surface area contributed by atoms with E-state index in [9.17, 15) is 22.4 Å². The van der Waals surface area contributed by atoms with E-state index in [1.807, 2.05) is 45.0 Å². The van der Waals surface area contributed by atoms with Crippen LogP contribution in [0.5, 0.6) is 0 Å². The number of benzene rings is 3. The number of carbonyl (C=O) groups excluding carboxylic acids is 2. The molecule has 0 bridgehead atoms. The Morgan fingerprint density at radius 2 is 1.62 bits per heavy atom. The summed E-state index contributed by atoms with van der Waals surface area (Å²) in [6.45, 7) is 7.31. The average molecular weight is 574 g/mol. The molecule has 3 rings (SSSR count). The lowest BCUT2D eigenvalue weighted by Gasteiger charge is -2.32. The molecule has 0 aliphatic heterocycles. The highest BCUT2D eigenvalue weighted by Gasteiger charge is 2.33. The van der Waals surface area contributed by atoms with Crippen molar-refractivity contribution in [1.29, 1.82) is 0 Å². The lowest BCUT2D eigenvalue weighted by molar-refractivity contribution is -0.139. The SMILES string of the molecule is Cc1ccccc1CN(C(=O)CN(c1ccc(F)c(Cl)c1)S(=O)(=O)c1ccccc1)[C@H](C)C(=O)NCC(C)C. The van der Waals surface area contributed by atoms with Crippen molar-refractivity contribution in [2.24, 2.45) is 5.92 Å². The molecule has 0 saturated carbocycles. The van der Waals surface area contributed by atoms with Gasteiger partial charge in [-0.25, -0.2) is 12.8 Å². The molecule has 0 aliphatic carbocycles. The van der Waals surface area contributed by atoms with E-state index in [0.29, 0.717) is 6.54 Å². The zero-order chi connectivity index (χ0) is 28.7. The maximum absolute atomic E-state index is 14.0. The molecule has 0 radical (unpaired) electrons. The van der Waals surface area contributed by atoms with Gasteiger partial charge in [0.15, 0.2) is 0 Å². The normalized spacial score (nSPS) is 12.2. The summed E-state index contributed by atoms with van der Waals surface area (Å²) in [5.41, 5.74) is 1.76. The van der Waals surface area contributed by atoms with Crippen molar-refractivity contribution in [3.8, 4) is 0 Å². The molecule has 2 amide bonds. The molecule has 0 heterocycles. The predicted molar refractivity (Wildman–Crippen MR) is 151 cm³/mol. The number of carbonyl (C=O) groups is 2. The molecule has 10 heteroatoms. The van der Waals surface area contributed by atoms with Crippen LogP contribution in [0.3, 0.4) is 0 Å². The van der Waals surface area contributed by atoms with Crippen LogP contribution in [0.1, 0.15) is 31.9 Å². The van der Waals surface area contributed by atoms with Crippen molar-refractivity contribution >= 4 is 39.1 Å². The van der Waals surface area contributed by atoms with E-state index in [1.54, 1.807) is 25.1 Å². The number of anilines is 1. The molecule has 39 heavy (non-hydrogen) atoms. The summed E-state index contributed by atoms with van der Waals surface area (Å²) < 4.78 is 42.3. The minimum atomic E-state index is -4.26. The van der Waals surface area contributed by atoms with Gasteiger partial charge in [-0.15, -0.1) is 0 Å². The second-order valence-corrected chi connectivity index (χ2v) is 12.0. The van der Waals surface area contributed by atoms with Crippen LogP contribution in [0.15, 0.2) is 77.7 Å². The monoisotopic (exact) mass is 573 g/mol. The molecule has 208 valence electrons. The second-order valence-electron chi connectivity index (χ2n) is 9.69. The Balaban J connectivity index is 2.03. The summed E-state index contributed by atoms with van der Waals surface area (Å²) in [5.74, 6) is -1.48. The molecule has 3 aromatic rings. The van der Waals surface area contributed by atoms with Gasteiger partial charge >= 0.3 is 0 Å². The molecule has 0 aliphatic rings. The number of hydrogen-bond acceptors (Lipinski definition) is 4. The van der Waals surface area contributed by atoms with Gasteiger partial charge in [-0.2, -0.15) is 0 Å². The lowest BCUT2D eigenvalue weighted by Crippen LogP contribution is -2.51. The Labute approximate surface area is 234 Å². The van der Waals surface area contributed by atoms with Crippen LogP contribution < -0.4 is 9.62 Å². The summed E-state index contributed by atoms with van der Waals surface area (Å²) in [5, 5.41) is 2.56. The standard InChI is InChI=1S/C29H33ClFN3O4S/c1-20(2)17-32-29(36)22(4)33(18-23-11-9-8-10-21(23)3)28(35)19-34(24-14-15-27(31)26(30)16-24)39(37,38)25-12-6-5-7-13-25/h5-16,20,22H,17-19H2,1-4H3,(H,32,36)/t22-/m1/s1. The Bertz CT molecular complexity index is 1420. The van der Waals surface area contributed by atoms with Crippen molar-refractivity contribution in [2.75, 3.05) is 17.4 Å². The van der Waals surface area contributed by atoms with E-state index in [-0.39, 0.29) is 34.0 Å². The molecule has 0 aromatic heterocycles. The Morgan fingerprint density at radius 3 is 2.23 bits per heavy atom. The number of rotatable bonds is 11. The van der Waals surface area contributed by atoms with E-state index >= 15 is 0 Å². The van der Waals surface area contributed by atoms with Gasteiger partial charge < -0.3 is 10.2 Å². The summed E-state index contributed by atoms with van der Waals surface area (Å²) in [6.07, 6.45) is 0. The fourth-order valence-electron chi connectivity index (χ4n) is 3.89. The molecule has 1 N–H and O–H groups in total. The average Bonchev–Trinajstić information content (AvgIpc) is 2.91. The van der Waals surface area contributed by atoms with Crippen LogP contribution in [0, 0.1) is 18.7 Å². The number of hydrogen-bond donors (Lipinski definition) is 1. The van der Waals surface area contributed by atoms with Crippen LogP contribution in [0.4, 0.5) is 10.1 Å². The molecule has 1 atom stereocenters. The molecule has 0 fully saturated rings. The summed E-state index contributed by atoms with van der Waals surface area (Å²) in [4.78, 5) is 28.2. The number of nitrogens with zero attached hydrogens (tertiary/aromatic N) is 2. The largest absolute Gasteiger partial charge is 0.354 e. The summed E-state index contributed by atoms with van der Waals surface area (Å²) in [6, 6.07) is 17.6. The van der Waals surface area contributed by atoms with Gasteiger partial charge in [0, 0.05) is 13.1 Å². The summed E-state index contributed by atoms with van der Waals surface area (Å²) >= 11 is 5.99. The van der Waals surface area contributed by atoms with Gasteiger partial charge in [0.25, 0.3) is 10.0 Å². The molecular weight excluding hydrogens is 541 g/mol. The Hall–Kier alpha value is -3.43. The molecular formula is C29H33ClFN3O4S. The van der Waals surface area contributed by atoms with Gasteiger partial charge in [-0.3, -0.25) is 13.9 Å². The number of sulfonamides is 1. The van der Waals surface area contributed by atoms with Crippen molar-refractivity contribution in [2.45, 2.75) is 45.2 Å². The third-order valence-electron chi connectivity index (χ3n) is 6.26. The first kappa shape index (κ1) is 30.1. The van der Waals surface area contributed by atoms with E-state index in [0.717, 1.165) is 27.6 Å². The predicted octanol–water partition coefficient (Wildman–Crippen LogP) is 5.17. The third-order valence-corrected chi connectivity index (χ3v) is 8.33. The van der Waals surface area contributed by atoms with E-state index in [1.165, 1.54) is 23.1 Å². The molecule has 3 aromatic carbocycles. The van der Waals surface area contributed by atoms with Crippen LogP contribution in [-0.4, -0.2) is 44.3 Å². The first-order valence-corrected chi connectivity index (χ1v) is 14.4. The fourth-order valence-corrected chi connectivity index (χ4v) is 5.50. The zero-order valence-corrected chi connectivity index (χ0v) is 24.0. The Morgan fingerprint density at radius 1 is 0.974 bits per heavy atom. The van der Waals surface area contributed by atoms with E-state index in [4.69, 9.17) is 11.6 Å². The molecule has 0 unspecified atom stereocenters. The van der Waals surface area contributed by atoms with Gasteiger partial charge in [0.1, 0.15) is 18.4 Å². The number of nitrogens with one attached hydrogen (secondary N) is 1. The maximum atomic E-state index is 14.0. The van der Waals surface area contributed by atoms with Gasteiger partial charge in [-0.05, 0) is 61.2 Å². The zero-order valence-electron chi connectivity index (χ0n) is 22.4. The fraction of sp³-hybridized carbons (Fsp3) is 0.310. The van der Waals surface area contributed by atoms with Crippen LogP contribution in [0.2, 0.25) is 5.02 Å². The van der Waals surface area contributed by atoms with Gasteiger partial charge in [-0.1, -0.05) is 67.9 Å². The maximum Gasteiger partial charge on any atom is 0.264 e. The highest BCUT2D eigenvalue weighted by Crippen LogP contribution is 2.28. The number of amides is 2. The summed E-state index contributed by atoms with van der Waals surface area (Å²) in [7, 11) is -4.26. The highest BCUT2D eigenvalue weighted by molar-refractivity contribution is 7.92. The quantitative estimate of drug-likeness (QED) is 0.343. The first-order valence-electron chi connectivity index (χ1n) is 12.6. The van der Waals surface area contributed by atoms with Crippen molar-refractivity contribution < 1.29 is 22.4 Å². The molecule has 0 saturated heterocycles. The van der Waals surface area contributed by atoms with E-state index in [2.05, 4.69) is 5.32 Å². The van der Waals surface area contributed by atoms with Crippen LogP contribution >= 0.6 is 11.6 Å². The van der Waals surface area contributed by atoms with Crippen molar-refractivity contribution in [3.63, 3.8) is 0 Å². The van der Waals surface area contributed by atoms with Crippen LogP contribution in [0.25, 0.3) is 0 Å².